The van der Waals surface area contributed by atoms with E-state index in [-0.39, 0.29) is 24.4 Å². The number of fused-ring (bicyclic) bond motifs is 1. The molecular weight excluding hydrogens is 175 g/mol. The van der Waals surface area contributed by atoms with Gasteiger partial charge in [-0.05, 0) is 17.7 Å². The number of carbonyl (C=O) groups excluding carboxylic acids is 1. The monoisotopic (exact) mass is 180 g/mol. The number of aromatic carboxylic acids is 1. The second-order valence-corrected chi connectivity index (χ2v) is 2.55. The van der Waals surface area contributed by atoms with E-state index >= 15 is 0 Å². The zero-order chi connectivity index (χ0) is 9.26. The molecule has 1 heterocycles. The molecule has 0 saturated heterocycles. The van der Waals surface area contributed by atoms with Crippen LogP contribution in [0.5, 0.6) is 0 Å². The Kier molecular flexibility index (Phi) is 3.23. The summed E-state index contributed by atoms with van der Waals surface area (Å²) in [7, 11) is 0. The average molecular weight is 180 g/mol. The minimum Gasteiger partial charge on any atom is -0.545 e. The minimum atomic E-state index is -1.20. The molecule has 0 fully saturated rings. The molecule has 0 amide bonds. The molecule has 2 rings (SSSR count). The third kappa shape index (κ3) is 1.92. The molecule has 0 bridgehead atoms. The average Bonchev–Trinajstić information content (AvgIpc) is 2.17. The van der Waals surface area contributed by atoms with Crippen molar-refractivity contribution in [3.8, 4) is 0 Å². The number of carboxylic acids is 1. The number of hydrogen-bond acceptors (Lipinski definition) is 4. The summed E-state index contributed by atoms with van der Waals surface area (Å²) in [5.41, 5.74) is 1.35. The number of carbonyl (C=O) groups is 1. The standard InChI is InChI=1S/C9H6N2O2.Li/c12-9(13)6-1-2-7-8(5-6)11-4-3-10-7;/h1-5H,(H,12,13);/q;+1/p-1. The van der Waals surface area contributed by atoms with Crippen molar-refractivity contribution < 1.29 is 28.8 Å². The van der Waals surface area contributed by atoms with Gasteiger partial charge in [0.15, 0.2) is 0 Å². The SMILES string of the molecule is O=C([O-])c1ccc2nccnc2c1.[Li+]. The summed E-state index contributed by atoms with van der Waals surface area (Å²) in [6, 6.07) is 4.50. The van der Waals surface area contributed by atoms with Crippen LogP contribution in [0.15, 0.2) is 30.6 Å². The Bertz CT molecular complexity index is 473. The van der Waals surface area contributed by atoms with Crippen LogP contribution in [-0.4, -0.2) is 15.9 Å². The molecule has 14 heavy (non-hydrogen) atoms. The number of rotatable bonds is 1. The Morgan fingerprint density at radius 1 is 1.14 bits per heavy atom. The maximum Gasteiger partial charge on any atom is 1.00 e. The van der Waals surface area contributed by atoms with Crippen molar-refractivity contribution >= 4 is 17.0 Å². The minimum absolute atomic E-state index is 0. The van der Waals surface area contributed by atoms with Crippen LogP contribution < -0.4 is 24.0 Å². The van der Waals surface area contributed by atoms with Gasteiger partial charge >= 0.3 is 18.9 Å². The molecule has 0 aliphatic carbocycles. The van der Waals surface area contributed by atoms with E-state index < -0.39 is 5.97 Å². The van der Waals surface area contributed by atoms with Crippen molar-refractivity contribution in [2.24, 2.45) is 0 Å². The van der Waals surface area contributed by atoms with Crippen LogP contribution >= 0.6 is 0 Å². The maximum absolute atomic E-state index is 10.5. The van der Waals surface area contributed by atoms with Gasteiger partial charge in [-0.2, -0.15) is 0 Å². The van der Waals surface area contributed by atoms with Gasteiger partial charge in [-0.15, -0.1) is 0 Å². The Morgan fingerprint density at radius 3 is 2.43 bits per heavy atom. The molecular formula is C9H5LiN2O2. The van der Waals surface area contributed by atoms with E-state index in [1.807, 2.05) is 0 Å². The molecule has 5 heteroatoms. The first-order valence-electron chi connectivity index (χ1n) is 3.69. The van der Waals surface area contributed by atoms with E-state index in [0.717, 1.165) is 0 Å². The predicted molar refractivity (Wildman–Crippen MR) is 43.9 cm³/mol. The number of carboxylic acid groups (broad SMARTS) is 1. The third-order valence-electron chi connectivity index (χ3n) is 1.71. The van der Waals surface area contributed by atoms with E-state index in [2.05, 4.69) is 9.97 Å². The first-order chi connectivity index (χ1) is 6.27. The molecule has 0 radical (unpaired) electrons. The fourth-order valence-corrected chi connectivity index (χ4v) is 1.09. The van der Waals surface area contributed by atoms with Gasteiger partial charge in [0.05, 0.1) is 17.0 Å². The summed E-state index contributed by atoms with van der Waals surface area (Å²) in [4.78, 5) is 18.5. The van der Waals surface area contributed by atoms with Crippen LogP contribution in [0.4, 0.5) is 0 Å². The molecule has 0 saturated carbocycles. The van der Waals surface area contributed by atoms with Crippen LogP contribution in [0, 0.1) is 0 Å². The van der Waals surface area contributed by atoms with Crippen LogP contribution in [0.1, 0.15) is 10.4 Å². The summed E-state index contributed by atoms with van der Waals surface area (Å²) in [6.45, 7) is 0. The number of hydrogen-bond donors (Lipinski definition) is 0. The third-order valence-corrected chi connectivity index (χ3v) is 1.71. The Balaban J connectivity index is 0.000000980. The number of nitrogens with zero attached hydrogens (tertiary/aromatic N) is 2. The molecule has 1 aromatic carbocycles. The van der Waals surface area contributed by atoms with Crippen molar-refractivity contribution in [3.05, 3.63) is 36.2 Å². The van der Waals surface area contributed by atoms with Gasteiger partial charge in [-0.1, -0.05) is 6.07 Å². The first-order valence-corrected chi connectivity index (χ1v) is 3.69. The fourth-order valence-electron chi connectivity index (χ4n) is 1.09. The smallest absolute Gasteiger partial charge is 0.545 e. The summed E-state index contributed by atoms with van der Waals surface area (Å²) in [6.07, 6.45) is 3.07. The Morgan fingerprint density at radius 2 is 1.79 bits per heavy atom. The van der Waals surface area contributed by atoms with Crippen molar-refractivity contribution in [2.45, 2.75) is 0 Å². The van der Waals surface area contributed by atoms with E-state index in [1.54, 1.807) is 12.3 Å². The van der Waals surface area contributed by atoms with Gasteiger partial charge in [-0.25, -0.2) is 0 Å². The van der Waals surface area contributed by atoms with Crippen LogP contribution in [0.3, 0.4) is 0 Å². The molecule has 1 aromatic heterocycles. The zero-order valence-electron chi connectivity index (χ0n) is 7.60. The van der Waals surface area contributed by atoms with Crippen LogP contribution in [0.25, 0.3) is 11.0 Å². The van der Waals surface area contributed by atoms with Gasteiger partial charge in [0.25, 0.3) is 0 Å². The Labute approximate surface area is 92.2 Å². The molecule has 64 valence electrons. The molecule has 0 aliphatic rings. The van der Waals surface area contributed by atoms with Gasteiger partial charge in [0.1, 0.15) is 0 Å². The second-order valence-electron chi connectivity index (χ2n) is 2.55. The van der Waals surface area contributed by atoms with Crippen molar-refractivity contribution in [3.63, 3.8) is 0 Å². The summed E-state index contributed by atoms with van der Waals surface area (Å²) < 4.78 is 0. The normalized spacial score (nSPS) is 9.43. The van der Waals surface area contributed by atoms with Crippen LogP contribution in [-0.2, 0) is 0 Å². The van der Waals surface area contributed by atoms with E-state index in [9.17, 15) is 9.90 Å². The topological polar surface area (TPSA) is 65.9 Å². The molecule has 4 nitrogen and oxygen atoms in total. The first kappa shape index (κ1) is 10.7. The number of aromatic nitrogens is 2. The van der Waals surface area contributed by atoms with Gasteiger partial charge in [0.2, 0.25) is 0 Å². The summed E-state index contributed by atoms with van der Waals surface area (Å²) in [5, 5.41) is 10.5. The number of benzene rings is 1. The quantitative estimate of drug-likeness (QED) is 0.438. The predicted octanol–water partition coefficient (Wildman–Crippen LogP) is -3.00. The molecule has 0 unspecified atom stereocenters. The fraction of sp³-hybridized carbons (Fsp3) is 0. The molecule has 0 aliphatic heterocycles. The largest absolute Gasteiger partial charge is 1.00 e. The van der Waals surface area contributed by atoms with Crippen LogP contribution in [0.2, 0.25) is 0 Å². The zero-order valence-corrected chi connectivity index (χ0v) is 7.60. The molecule has 2 aromatic rings. The van der Waals surface area contributed by atoms with Crippen molar-refractivity contribution in [1.29, 1.82) is 0 Å². The molecule has 0 atom stereocenters. The molecule has 0 N–H and O–H groups in total. The summed E-state index contributed by atoms with van der Waals surface area (Å²) >= 11 is 0. The van der Waals surface area contributed by atoms with Gasteiger partial charge < -0.3 is 9.90 Å². The van der Waals surface area contributed by atoms with Gasteiger partial charge in [-0.3, -0.25) is 9.97 Å². The van der Waals surface area contributed by atoms with Crippen molar-refractivity contribution in [2.75, 3.05) is 0 Å². The van der Waals surface area contributed by atoms with Gasteiger partial charge in [0, 0.05) is 12.4 Å². The van der Waals surface area contributed by atoms with E-state index in [0.29, 0.717) is 11.0 Å². The van der Waals surface area contributed by atoms with Crippen molar-refractivity contribution in [1.82, 2.24) is 9.97 Å². The summed E-state index contributed by atoms with van der Waals surface area (Å²) in [5.74, 6) is -1.20. The van der Waals surface area contributed by atoms with E-state index in [4.69, 9.17) is 0 Å². The Hall–Kier alpha value is -1.37. The second kappa shape index (κ2) is 4.23. The molecule has 0 spiro atoms. The maximum atomic E-state index is 10.5. The van der Waals surface area contributed by atoms with E-state index in [1.165, 1.54) is 18.3 Å².